The summed E-state index contributed by atoms with van der Waals surface area (Å²) >= 11 is 0. The van der Waals surface area contributed by atoms with Crippen molar-refractivity contribution in [2.75, 3.05) is 17.7 Å². The molecular formula is C18H14FN3O4. The fourth-order valence-electron chi connectivity index (χ4n) is 2.59. The predicted molar refractivity (Wildman–Crippen MR) is 91.5 cm³/mol. The molecule has 0 unspecified atom stereocenters. The van der Waals surface area contributed by atoms with Crippen LogP contribution in [0.4, 0.5) is 15.8 Å². The molecular weight excluding hydrogens is 341 g/mol. The second-order valence-corrected chi connectivity index (χ2v) is 5.76. The van der Waals surface area contributed by atoms with Gasteiger partial charge >= 0.3 is 0 Å². The summed E-state index contributed by atoms with van der Waals surface area (Å²) in [5, 5.41) is 4.88. The van der Waals surface area contributed by atoms with Crippen LogP contribution in [-0.4, -0.2) is 35.6 Å². The average Bonchev–Trinajstić information content (AvgIpc) is 2.81. The van der Waals surface area contributed by atoms with E-state index in [0.717, 1.165) is 11.0 Å². The molecule has 8 heteroatoms. The Morgan fingerprint density at radius 3 is 2.35 bits per heavy atom. The second kappa shape index (κ2) is 6.40. The highest BCUT2D eigenvalue weighted by Crippen LogP contribution is 2.24. The Bertz CT molecular complexity index is 971. The summed E-state index contributed by atoms with van der Waals surface area (Å²) in [7, 11) is 1.37. The number of fused-ring (bicyclic) bond motifs is 1. The van der Waals surface area contributed by atoms with E-state index in [4.69, 9.17) is 0 Å². The number of carbonyl (C=O) groups is 4. The smallest absolute Gasteiger partial charge is 0.261 e. The summed E-state index contributed by atoms with van der Waals surface area (Å²) in [5.74, 6) is -2.52. The van der Waals surface area contributed by atoms with Crippen molar-refractivity contribution in [3.05, 3.63) is 58.9 Å². The monoisotopic (exact) mass is 355 g/mol. The Morgan fingerprint density at radius 1 is 0.962 bits per heavy atom. The zero-order valence-electron chi connectivity index (χ0n) is 13.9. The second-order valence-electron chi connectivity index (χ2n) is 5.76. The first-order valence-corrected chi connectivity index (χ1v) is 7.63. The van der Waals surface area contributed by atoms with E-state index in [2.05, 4.69) is 10.6 Å². The normalized spacial score (nSPS) is 12.8. The molecule has 7 nitrogen and oxygen atoms in total. The van der Waals surface area contributed by atoms with Gasteiger partial charge in [0.05, 0.1) is 16.8 Å². The van der Waals surface area contributed by atoms with Crippen molar-refractivity contribution in [2.45, 2.75) is 6.92 Å². The van der Waals surface area contributed by atoms with Gasteiger partial charge in [0.15, 0.2) is 0 Å². The summed E-state index contributed by atoms with van der Waals surface area (Å²) in [5.41, 5.74) is 0.768. The van der Waals surface area contributed by atoms with Crippen molar-refractivity contribution >= 4 is 35.0 Å². The number of nitrogens with zero attached hydrogens (tertiary/aromatic N) is 1. The molecule has 3 rings (SSSR count). The minimum atomic E-state index is -0.636. The first-order chi connectivity index (χ1) is 12.3. The summed E-state index contributed by atoms with van der Waals surface area (Å²) in [6.45, 7) is 1.24. The van der Waals surface area contributed by atoms with Gasteiger partial charge in [0, 0.05) is 25.2 Å². The van der Waals surface area contributed by atoms with Gasteiger partial charge in [-0.15, -0.1) is 0 Å². The number of hydrogen-bond donors (Lipinski definition) is 2. The lowest BCUT2D eigenvalue weighted by Gasteiger charge is -2.09. The Labute approximate surface area is 147 Å². The zero-order chi connectivity index (χ0) is 19.0. The zero-order valence-corrected chi connectivity index (χ0v) is 13.9. The van der Waals surface area contributed by atoms with Crippen LogP contribution in [0, 0.1) is 5.82 Å². The van der Waals surface area contributed by atoms with Crippen LogP contribution in [0.5, 0.6) is 0 Å². The molecule has 0 saturated carbocycles. The molecule has 0 bridgehead atoms. The minimum absolute atomic E-state index is 0.0633. The Balaban J connectivity index is 1.85. The van der Waals surface area contributed by atoms with E-state index in [0.29, 0.717) is 0 Å². The molecule has 0 saturated heterocycles. The summed E-state index contributed by atoms with van der Waals surface area (Å²) in [6.07, 6.45) is 0. The van der Waals surface area contributed by atoms with Crippen molar-refractivity contribution < 1.29 is 23.6 Å². The van der Waals surface area contributed by atoms with Gasteiger partial charge in [-0.3, -0.25) is 24.1 Å². The first kappa shape index (κ1) is 17.3. The largest absolute Gasteiger partial charge is 0.324 e. The molecule has 0 aromatic heterocycles. The van der Waals surface area contributed by atoms with Gasteiger partial charge in [0.2, 0.25) is 5.91 Å². The van der Waals surface area contributed by atoms with Gasteiger partial charge in [0.25, 0.3) is 17.7 Å². The van der Waals surface area contributed by atoms with Crippen LogP contribution < -0.4 is 10.6 Å². The Kier molecular flexibility index (Phi) is 4.25. The van der Waals surface area contributed by atoms with Crippen LogP contribution in [0.3, 0.4) is 0 Å². The molecule has 1 heterocycles. The molecule has 1 aliphatic heterocycles. The van der Waals surface area contributed by atoms with Crippen LogP contribution >= 0.6 is 0 Å². The van der Waals surface area contributed by atoms with E-state index >= 15 is 0 Å². The lowest BCUT2D eigenvalue weighted by Crippen LogP contribution is -2.24. The van der Waals surface area contributed by atoms with Gasteiger partial charge in [-0.05, 0) is 36.4 Å². The highest BCUT2D eigenvalue weighted by molar-refractivity contribution is 6.22. The Hall–Kier alpha value is -3.55. The summed E-state index contributed by atoms with van der Waals surface area (Å²) in [6, 6.07) is 7.92. The quantitative estimate of drug-likeness (QED) is 0.826. The number of anilines is 2. The van der Waals surface area contributed by atoms with E-state index in [1.807, 2.05) is 0 Å². The summed E-state index contributed by atoms with van der Waals surface area (Å²) in [4.78, 5) is 48.3. The minimum Gasteiger partial charge on any atom is -0.324 e. The van der Waals surface area contributed by atoms with Gasteiger partial charge in [-0.1, -0.05) is 0 Å². The number of carbonyl (C=O) groups excluding carboxylic acids is 4. The van der Waals surface area contributed by atoms with Crippen LogP contribution in [0.25, 0.3) is 0 Å². The molecule has 2 aromatic rings. The van der Waals surface area contributed by atoms with Crippen LogP contribution in [0.15, 0.2) is 36.4 Å². The number of imide groups is 1. The van der Waals surface area contributed by atoms with Crippen LogP contribution in [0.2, 0.25) is 0 Å². The number of amides is 4. The third kappa shape index (κ3) is 3.04. The van der Waals surface area contributed by atoms with E-state index in [9.17, 15) is 23.6 Å². The molecule has 0 atom stereocenters. The molecule has 0 fully saturated rings. The van der Waals surface area contributed by atoms with Crippen molar-refractivity contribution in [2.24, 2.45) is 0 Å². The van der Waals surface area contributed by atoms with Gasteiger partial charge in [0.1, 0.15) is 5.82 Å². The average molecular weight is 355 g/mol. The molecule has 0 aliphatic carbocycles. The summed E-state index contributed by atoms with van der Waals surface area (Å²) < 4.78 is 13.7. The SMILES string of the molecule is CC(=O)Nc1cc(NC(=O)c2ccc3c(c2)C(=O)N(C)C3=O)ccc1F. The van der Waals surface area contributed by atoms with Crippen molar-refractivity contribution in [1.82, 2.24) is 4.90 Å². The molecule has 0 radical (unpaired) electrons. The highest BCUT2D eigenvalue weighted by atomic mass is 19.1. The lowest BCUT2D eigenvalue weighted by atomic mass is 10.1. The number of hydrogen-bond acceptors (Lipinski definition) is 4. The maximum absolute atomic E-state index is 13.7. The highest BCUT2D eigenvalue weighted by Gasteiger charge is 2.33. The third-order valence-electron chi connectivity index (χ3n) is 3.89. The third-order valence-corrected chi connectivity index (χ3v) is 3.89. The van der Waals surface area contributed by atoms with E-state index in [1.54, 1.807) is 0 Å². The van der Waals surface area contributed by atoms with Crippen molar-refractivity contribution in [3.8, 4) is 0 Å². The van der Waals surface area contributed by atoms with Gasteiger partial charge in [-0.25, -0.2) is 4.39 Å². The topological polar surface area (TPSA) is 95.6 Å². The van der Waals surface area contributed by atoms with Crippen molar-refractivity contribution in [3.63, 3.8) is 0 Å². The molecule has 2 aromatic carbocycles. The molecule has 0 spiro atoms. The number of nitrogens with one attached hydrogen (secondary N) is 2. The fourth-order valence-corrected chi connectivity index (χ4v) is 2.59. The molecule has 26 heavy (non-hydrogen) atoms. The molecule has 2 N–H and O–H groups in total. The van der Waals surface area contributed by atoms with E-state index in [1.165, 1.54) is 44.3 Å². The lowest BCUT2D eigenvalue weighted by molar-refractivity contribution is -0.114. The number of halogens is 1. The van der Waals surface area contributed by atoms with Gasteiger partial charge < -0.3 is 10.6 Å². The maximum Gasteiger partial charge on any atom is 0.261 e. The maximum atomic E-state index is 13.7. The van der Waals surface area contributed by atoms with E-state index < -0.39 is 29.4 Å². The first-order valence-electron chi connectivity index (χ1n) is 7.63. The standard InChI is InChI=1S/C18H14FN3O4/c1-9(23)20-15-8-11(4-6-14(15)19)21-16(24)10-3-5-12-13(7-10)18(26)22(2)17(12)25/h3-8H,1-2H3,(H,20,23)(H,21,24). The number of benzene rings is 2. The van der Waals surface area contributed by atoms with Gasteiger partial charge in [-0.2, -0.15) is 0 Å². The van der Waals surface area contributed by atoms with Crippen LogP contribution in [0.1, 0.15) is 38.0 Å². The fraction of sp³-hybridized carbons (Fsp3) is 0.111. The molecule has 4 amide bonds. The van der Waals surface area contributed by atoms with E-state index in [-0.39, 0.29) is 28.1 Å². The van der Waals surface area contributed by atoms with Crippen molar-refractivity contribution in [1.29, 1.82) is 0 Å². The van der Waals surface area contributed by atoms with Crippen LogP contribution in [-0.2, 0) is 4.79 Å². The number of rotatable bonds is 3. The predicted octanol–water partition coefficient (Wildman–Crippen LogP) is 2.26. The Morgan fingerprint density at radius 2 is 1.65 bits per heavy atom. The molecule has 1 aliphatic rings. The molecule has 132 valence electrons.